The third kappa shape index (κ3) is 7.42. The average molecular weight is 410 g/mol. The second-order valence-electron chi connectivity index (χ2n) is 5.16. The van der Waals surface area contributed by atoms with Crippen LogP contribution in [0.25, 0.3) is 0 Å². The van der Waals surface area contributed by atoms with E-state index in [0.29, 0.717) is 12.0 Å². The molecule has 1 unspecified atom stereocenters. The van der Waals surface area contributed by atoms with E-state index in [4.69, 9.17) is 0 Å². The van der Waals surface area contributed by atoms with Gasteiger partial charge in [-0.05, 0) is 26.2 Å². The fraction of sp³-hybridized carbons (Fsp3) is 0.714. The van der Waals surface area contributed by atoms with Crippen LogP contribution in [-0.4, -0.2) is 30.6 Å². The Morgan fingerprint density at radius 3 is 2.60 bits per heavy atom. The van der Waals surface area contributed by atoms with Crippen molar-refractivity contribution < 1.29 is 0 Å². The molecule has 4 nitrogen and oxygen atoms in total. The highest BCUT2D eigenvalue weighted by molar-refractivity contribution is 14.0. The van der Waals surface area contributed by atoms with Gasteiger partial charge in [-0.15, -0.1) is 35.3 Å². The molecule has 0 fully saturated rings. The quantitative estimate of drug-likeness (QED) is 0.328. The molecule has 116 valence electrons. The maximum Gasteiger partial charge on any atom is 0.191 e. The second kappa shape index (κ2) is 10.4. The van der Waals surface area contributed by atoms with Crippen molar-refractivity contribution in [1.82, 2.24) is 15.6 Å². The maximum atomic E-state index is 4.46. The number of nitrogens with zero attached hydrogens (tertiary/aromatic N) is 2. The van der Waals surface area contributed by atoms with Gasteiger partial charge in [0.1, 0.15) is 0 Å². The minimum absolute atomic E-state index is 0. The molecule has 0 aliphatic rings. The molecule has 0 saturated carbocycles. The first-order valence-corrected chi connectivity index (χ1v) is 7.79. The molecule has 1 heterocycles. The van der Waals surface area contributed by atoms with Crippen LogP contribution in [0.15, 0.2) is 10.4 Å². The number of aliphatic imine (C=N–C) groups is 1. The summed E-state index contributed by atoms with van der Waals surface area (Å²) >= 11 is 1.74. The lowest BCUT2D eigenvalue weighted by molar-refractivity contribution is 0.480. The van der Waals surface area contributed by atoms with E-state index in [9.17, 15) is 0 Å². The number of hydrogen-bond donors (Lipinski definition) is 2. The summed E-state index contributed by atoms with van der Waals surface area (Å²) in [6, 6.07) is 0.424. The first-order chi connectivity index (χ1) is 9.02. The third-order valence-corrected chi connectivity index (χ3v) is 4.14. The van der Waals surface area contributed by atoms with Crippen LogP contribution in [0.4, 0.5) is 0 Å². The van der Waals surface area contributed by atoms with E-state index >= 15 is 0 Å². The van der Waals surface area contributed by atoms with Gasteiger partial charge in [0.05, 0.1) is 5.01 Å². The Labute approximate surface area is 143 Å². The highest BCUT2D eigenvalue weighted by atomic mass is 127. The van der Waals surface area contributed by atoms with Crippen LogP contribution < -0.4 is 10.6 Å². The molecule has 0 bridgehead atoms. The molecule has 1 aromatic rings. The predicted octanol–water partition coefficient (Wildman–Crippen LogP) is 3.21. The van der Waals surface area contributed by atoms with Crippen molar-refractivity contribution in [2.75, 3.05) is 13.6 Å². The van der Waals surface area contributed by atoms with E-state index in [-0.39, 0.29) is 24.0 Å². The van der Waals surface area contributed by atoms with Crippen molar-refractivity contribution >= 4 is 41.3 Å². The summed E-state index contributed by atoms with van der Waals surface area (Å²) in [6.45, 7) is 9.54. The van der Waals surface area contributed by atoms with Crippen molar-refractivity contribution in [3.05, 3.63) is 16.1 Å². The Balaban J connectivity index is 0.00000361. The Hall–Kier alpha value is -0.370. The van der Waals surface area contributed by atoms with Crippen LogP contribution in [0.2, 0.25) is 0 Å². The number of rotatable bonds is 6. The molecule has 1 atom stereocenters. The lowest BCUT2D eigenvalue weighted by atomic mass is 10.1. The number of thiazole rings is 1. The highest BCUT2D eigenvalue weighted by Gasteiger charge is 2.08. The summed E-state index contributed by atoms with van der Waals surface area (Å²) in [7, 11) is 1.81. The van der Waals surface area contributed by atoms with Gasteiger partial charge in [0.15, 0.2) is 5.96 Å². The van der Waals surface area contributed by atoms with Crippen molar-refractivity contribution in [2.45, 2.75) is 46.6 Å². The molecule has 6 heteroatoms. The summed E-state index contributed by atoms with van der Waals surface area (Å²) in [5.41, 5.74) is 1.12. The Kier molecular flexibility index (Phi) is 10.2. The van der Waals surface area contributed by atoms with E-state index in [2.05, 4.69) is 46.8 Å². The van der Waals surface area contributed by atoms with Gasteiger partial charge in [0.25, 0.3) is 0 Å². The fourth-order valence-corrected chi connectivity index (χ4v) is 2.36. The van der Waals surface area contributed by atoms with Crippen LogP contribution in [0, 0.1) is 12.8 Å². The lowest BCUT2D eigenvalue weighted by Gasteiger charge is -2.20. The molecule has 0 aliphatic heterocycles. The standard InChI is InChI=1S/C14H26N4S.HI/c1-10(2)12(4)18-14(15-5)16-8-6-7-13-17-11(3)9-19-13;/h9-10,12H,6-8H2,1-5H3,(H2,15,16,18);1H. The zero-order chi connectivity index (χ0) is 14.3. The zero-order valence-electron chi connectivity index (χ0n) is 13.1. The molecule has 0 amide bonds. The molecule has 0 radical (unpaired) electrons. The zero-order valence-corrected chi connectivity index (χ0v) is 16.2. The van der Waals surface area contributed by atoms with Crippen LogP contribution in [0.5, 0.6) is 0 Å². The summed E-state index contributed by atoms with van der Waals surface area (Å²) in [4.78, 5) is 8.70. The second-order valence-corrected chi connectivity index (χ2v) is 6.10. The fourth-order valence-electron chi connectivity index (χ4n) is 1.54. The largest absolute Gasteiger partial charge is 0.356 e. The molecule has 2 N–H and O–H groups in total. The van der Waals surface area contributed by atoms with E-state index < -0.39 is 0 Å². The van der Waals surface area contributed by atoms with E-state index in [0.717, 1.165) is 31.0 Å². The van der Waals surface area contributed by atoms with Crippen LogP contribution in [0.1, 0.15) is 37.9 Å². The molecule has 1 rings (SSSR count). The normalized spacial score (nSPS) is 13.0. The Bertz CT molecular complexity index is 404. The smallest absolute Gasteiger partial charge is 0.191 e. The van der Waals surface area contributed by atoms with Crippen LogP contribution in [-0.2, 0) is 6.42 Å². The SMILES string of the molecule is CN=C(NCCCc1nc(C)cs1)NC(C)C(C)C.I. The number of guanidine groups is 1. The number of aryl methyl sites for hydroxylation is 2. The van der Waals surface area contributed by atoms with Gasteiger partial charge in [-0.3, -0.25) is 4.99 Å². The van der Waals surface area contributed by atoms with E-state index in [1.54, 1.807) is 11.3 Å². The van der Waals surface area contributed by atoms with Gasteiger partial charge in [0, 0.05) is 37.1 Å². The molecule has 20 heavy (non-hydrogen) atoms. The average Bonchev–Trinajstić information content (AvgIpc) is 2.78. The van der Waals surface area contributed by atoms with Gasteiger partial charge >= 0.3 is 0 Å². The molecular weight excluding hydrogens is 383 g/mol. The Morgan fingerprint density at radius 1 is 1.40 bits per heavy atom. The van der Waals surface area contributed by atoms with E-state index in [1.807, 2.05) is 14.0 Å². The highest BCUT2D eigenvalue weighted by Crippen LogP contribution is 2.10. The number of aromatic nitrogens is 1. The summed E-state index contributed by atoms with van der Waals surface area (Å²) in [5.74, 6) is 1.48. The molecule has 1 aromatic heterocycles. The molecule has 0 saturated heterocycles. The summed E-state index contributed by atoms with van der Waals surface area (Å²) < 4.78 is 0. The van der Waals surface area contributed by atoms with Crippen LogP contribution >= 0.6 is 35.3 Å². The first-order valence-electron chi connectivity index (χ1n) is 6.91. The van der Waals surface area contributed by atoms with Crippen molar-refractivity contribution in [3.8, 4) is 0 Å². The number of halogens is 1. The minimum atomic E-state index is 0. The maximum absolute atomic E-state index is 4.46. The van der Waals surface area contributed by atoms with Crippen molar-refractivity contribution in [2.24, 2.45) is 10.9 Å². The summed E-state index contributed by atoms with van der Waals surface area (Å²) in [5, 5.41) is 10.1. The molecule has 0 aliphatic carbocycles. The van der Waals surface area contributed by atoms with Gasteiger partial charge in [-0.25, -0.2) is 4.98 Å². The number of hydrogen-bond acceptors (Lipinski definition) is 3. The summed E-state index contributed by atoms with van der Waals surface area (Å²) in [6.07, 6.45) is 2.10. The molecule has 0 aromatic carbocycles. The monoisotopic (exact) mass is 410 g/mol. The molecule has 0 spiro atoms. The van der Waals surface area contributed by atoms with E-state index in [1.165, 1.54) is 5.01 Å². The van der Waals surface area contributed by atoms with Gasteiger partial charge in [-0.2, -0.15) is 0 Å². The van der Waals surface area contributed by atoms with Crippen molar-refractivity contribution in [3.63, 3.8) is 0 Å². The molecular formula is C14H27IN4S. The van der Waals surface area contributed by atoms with Crippen LogP contribution in [0.3, 0.4) is 0 Å². The van der Waals surface area contributed by atoms with Gasteiger partial charge < -0.3 is 10.6 Å². The third-order valence-electron chi connectivity index (χ3n) is 3.11. The number of nitrogens with one attached hydrogen (secondary N) is 2. The van der Waals surface area contributed by atoms with Crippen molar-refractivity contribution in [1.29, 1.82) is 0 Å². The Morgan fingerprint density at radius 2 is 2.10 bits per heavy atom. The lowest BCUT2D eigenvalue weighted by Crippen LogP contribution is -2.44. The minimum Gasteiger partial charge on any atom is -0.356 e. The topological polar surface area (TPSA) is 49.3 Å². The first kappa shape index (κ1) is 19.6. The predicted molar refractivity (Wildman–Crippen MR) is 99.4 cm³/mol. The van der Waals surface area contributed by atoms with Gasteiger partial charge in [0.2, 0.25) is 0 Å². The van der Waals surface area contributed by atoms with Gasteiger partial charge in [-0.1, -0.05) is 13.8 Å².